The van der Waals surface area contributed by atoms with E-state index in [1.54, 1.807) is 0 Å². The van der Waals surface area contributed by atoms with E-state index in [-0.39, 0.29) is 17.7 Å². The van der Waals surface area contributed by atoms with Gasteiger partial charge in [0.25, 0.3) is 0 Å². The Morgan fingerprint density at radius 1 is 1.14 bits per heavy atom. The standard InChI is InChI=1S/C24H31N3O2/c1-4-25-23(28)20-11-8-14-27(16-20)22(19-9-6-5-7-10-19)24(29)26-21-15-17(2)12-13-18(21)3/h5-7,9-10,12-13,15,20,22H,4,8,11,14,16H2,1-3H3,(H,25,28)(H,26,29). The normalized spacial score (nSPS) is 18.1. The van der Waals surface area contributed by atoms with E-state index in [2.05, 4.69) is 15.5 Å². The molecule has 1 aliphatic rings. The number of carbonyl (C=O) groups excluding carboxylic acids is 2. The molecule has 2 aromatic rings. The van der Waals surface area contributed by atoms with Crippen LogP contribution in [0.1, 0.15) is 42.5 Å². The molecule has 154 valence electrons. The van der Waals surface area contributed by atoms with Crippen LogP contribution >= 0.6 is 0 Å². The number of carbonyl (C=O) groups is 2. The van der Waals surface area contributed by atoms with E-state index in [0.717, 1.165) is 41.8 Å². The lowest BCUT2D eigenvalue weighted by Gasteiger charge is -2.37. The Bertz CT molecular complexity index is 850. The molecule has 1 saturated heterocycles. The van der Waals surface area contributed by atoms with Crippen LogP contribution in [-0.4, -0.2) is 36.3 Å². The van der Waals surface area contributed by atoms with Gasteiger partial charge in [-0.05, 0) is 62.9 Å². The maximum atomic E-state index is 13.4. The third kappa shape index (κ3) is 5.24. The molecule has 2 atom stereocenters. The third-order valence-electron chi connectivity index (χ3n) is 5.55. The number of likely N-dealkylation sites (tertiary alicyclic amines) is 1. The lowest BCUT2D eigenvalue weighted by molar-refractivity contribution is -0.129. The molecule has 0 bridgehead atoms. The molecule has 0 spiro atoms. The number of anilines is 1. The molecule has 1 heterocycles. The second-order valence-electron chi connectivity index (χ2n) is 7.85. The molecule has 1 aliphatic heterocycles. The van der Waals surface area contributed by atoms with Crippen LogP contribution in [0.3, 0.4) is 0 Å². The Morgan fingerprint density at radius 3 is 2.62 bits per heavy atom. The van der Waals surface area contributed by atoms with Crippen LogP contribution in [0.15, 0.2) is 48.5 Å². The zero-order valence-corrected chi connectivity index (χ0v) is 17.6. The molecule has 2 aromatic carbocycles. The predicted molar refractivity (Wildman–Crippen MR) is 117 cm³/mol. The monoisotopic (exact) mass is 393 g/mol. The van der Waals surface area contributed by atoms with Gasteiger partial charge < -0.3 is 10.6 Å². The number of benzene rings is 2. The highest BCUT2D eigenvalue weighted by Gasteiger charge is 2.34. The zero-order chi connectivity index (χ0) is 20.8. The average Bonchev–Trinajstić information content (AvgIpc) is 2.72. The molecule has 5 nitrogen and oxygen atoms in total. The summed E-state index contributed by atoms with van der Waals surface area (Å²) in [6.45, 7) is 7.97. The molecule has 3 rings (SSSR count). The van der Waals surface area contributed by atoms with Gasteiger partial charge in [-0.1, -0.05) is 42.5 Å². The summed E-state index contributed by atoms with van der Waals surface area (Å²) >= 11 is 0. The predicted octanol–water partition coefficient (Wildman–Crippen LogP) is 3.83. The van der Waals surface area contributed by atoms with Crippen molar-refractivity contribution in [3.63, 3.8) is 0 Å². The van der Waals surface area contributed by atoms with Crippen LogP contribution in [0.2, 0.25) is 0 Å². The van der Waals surface area contributed by atoms with Gasteiger partial charge in [0, 0.05) is 18.8 Å². The van der Waals surface area contributed by atoms with Crippen LogP contribution in [-0.2, 0) is 9.59 Å². The molecule has 0 saturated carbocycles. The second-order valence-corrected chi connectivity index (χ2v) is 7.85. The number of hydrogen-bond donors (Lipinski definition) is 2. The van der Waals surface area contributed by atoms with Crippen molar-refractivity contribution in [3.8, 4) is 0 Å². The average molecular weight is 394 g/mol. The van der Waals surface area contributed by atoms with Crippen molar-refractivity contribution in [2.24, 2.45) is 5.92 Å². The number of hydrogen-bond acceptors (Lipinski definition) is 3. The maximum Gasteiger partial charge on any atom is 0.246 e. The lowest BCUT2D eigenvalue weighted by atomic mass is 9.93. The number of rotatable bonds is 6. The van der Waals surface area contributed by atoms with E-state index in [1.807, 2.05) is 69.3 Å². The molecule has 5 heteroatoms. The van der Waals surface area contributed by atoms with Gasteiger partial charge in [0.2, 0.25) is 11.8 Å². The van der Waals surface area contributed by atoms with Gasteiger partial charge in [-0.3, -0.25) is 14.5 Å². The summed E-state index contributed by atoms with van der Waals surface area (Å²) in [5, 5.41) is 6.07. The summed E-state index contributed by atoms with van der Waals surface area (Å²) in [5.41, 5.74) is 3.94. The maximum absolute atomic E-state index is 13.4. The van der Waals surface area contributed by atoms with Crippen molar-refractivity contribution in [1.82, 2.24) is 10.2 Å². The molecular weight excluding hydrogens is 362 g/mol. The number of nitrogens with one attached hydrogen (secondary N) is 2. The van der Waals surface area contributed by atoms with Crippen molar-refractivity contribution in [2.75, 3.05) is 25.0 Å². The minimum absolute atomic E-state index is 0.0542. The smallest absolute Gasteiger partial charge is 0.246 e. The quantitative estimate of drug-likeness (QED) is 0.784. The molecule has 0 radical (unpaired) electrons. The molecular formula is C24H31N3O2. The fourth-order valence-electron chi connectivity index (χ4n) is 4.01. The highest BCUT2D eigenvalue weighted by molar-refractivity contribution is 5.96. The topological polar surface area (TPSA) is 61.4 Å². The van der Waals surface area contributed by atoms with E-state index in [9.17, 15) is 9.59 Å². The minimum atomic E-state index is -0.423. The highest BCUT2D eigenvalue weighted by atomic mass is 16.2. The Labute approximate surface area is 173 Å². The summed E-state index contributed by atoms with van der Waals surface area (Å²) < 4.78 is 0. The number of piperidine rings is 1. The van der Waals surface area contributed by atoms with Gasteiger partial charge in [-0.2, -0.15) is 0 Å². The van der Waals surface area contributed by atoms with Crippen LogP contribution in [0.4, 0.5) is 5.69 Å². The van der Waals surface area contributed by atoms with Crippen LogP contribution < -0.4 is 10.6 Å². The molecule has 2 amide bonds. The lowest BCUT2D eigenvalue weighted by Crippen LogP contribution is -2.47. The molecule has 0 aliphatic carbocycles. The summed E-state index contributed by atoms with van der Waals surface area (Å²) in [7, 11) is 0. The van der Waals surface area contributed by atoms with Crippen molar-refractivity contribution in [3.05, 3.63) is 65.2 Å². The van der Waals surface area contributed by atoms with Crippen LogP contribution in [0.25, 0.3) is 0 Å². The summed E-state index contributed by atoms with van der Waals surface area (Å²) in [4.78, 5) is 28.0. The first kappa shape index (κ1) is 21.1. The van der Waals surface area contributed by atoms with E-state index in [4.69, 9.17) is 0 Å². The van der Waals surface area contributed by atoms with Crippen LogP contribution in [0.5, 0.6) is 0 Å². The fourth-order valence-corrected chi connectivity index (χ4v) is 4.01. The largest absolute Gasteiger partial charge is 0.356 e. The zero-order valence-electron chi connectivity index (χ0n) is 17.6. The number of amides is 2. The third-order valence-corrected chi connectivity index (χ3v) is 5.55. The van der Waals surface area contributed by atoms with Gasteiger partial charge in [0.15, 0.2) is 0 Å². The molecule has 1 fully saturated rings. The fraction of sp³-hybridized carbons (Fsp3) is 0.417. The first-order chi connectivity index (χ1) is 14.0. The van der Waals surface area contributed by atoms with Crippen molar-refractivity contribution in [1.29, 1.82) is 0 Å². The van der Waals surface area contributed by atoms with E-state index in [1.165, 1.54) is 0 Å². The summed E-state index contributed by atoms with van der Waals surface area (Å²) in [5.74, 6) is -0.0520. The second kappa shape index (κ2) is 9.70. The van der Waals surface area contributed by atoms with Gasteiger partial charge in [-0.15, -0.1) is 0 Å². The Hall–Kier alpha value is -2.66. The molecule has 0 aromatic heterocycles. The van der Waals surface area contributed by atoms with Gasteiger partial charge >= 0.3 is 0 Å². The Kier molecular flexibility index (Phi) is 7.04. The van der Waals surface area contributed by atoms with Gasteiger partial charge in [0.1, 0.15) is 6.04 Å². The Balaban J connectivity index is 1.86. The van der Waals surface area contributed by atoms with Crippen molar-refractivity contribution < 1.29 is 9.59 Å². The summed E-state index contributed by atoms with van der Waals surface area (Å²) in [6, 6.07) is 15.5. The SMILES string of the molecule is CCNC(=O)C1CCCN(C(C(=O)Nc2cc(C)ccc2C)c2ccccc2)C1. The number of aryl methyl sites for hydroxylation is 2. The minimum Gasteiger partial charge on any atom is -0.356 e. The molecule has 2 N–H and O–H groups in total. The van der Waals surface area contributed by atoms with Crippen LogP contribution in [0, 0.1) is 19.8 Å². The van der Waals surface area contributed by atoms with Gasteiger partial charge in [0.05, 0.1) is 5.92 Å². The Morgan fingerprint density at radius 2 is 1.90 bits per heavy atom. The molecule has 2 unspecified atom stereocenters. The summed E-state index contributed by atoms with van der Waals surface area (Å²) in [6.07, 6.45) is 1.77. The first-order valence-corrected chi connectivity index (χ1v) is 10.4. The van der Waals surface area contributed by atoms with E-state index in [0.29, 0.717) is 13.1 Å². The molecule has 29 heavy (non-hydrogen) atoms. The first-order valence-electron chi connectivity index (χ1n) is 10.4. The number of nitrogens with zero attached hydrogens (tertiary/aromatic N) is 1. The van der Waals surface area contributed by atoms with E-state index < -0.39 is 6.04 Å². The van der Waals surface area contributed by atoms with Gasteiger partial charge in [-0.25, -0.2) is 0 Å². The van der Waals surface area contributed by atoms with E-state index >= 15 is 0 Å². The van der Waals surface area contributed by atoms with Crippen molar-refractivity contribution in [2.45, 2.75) is 39.7 Å². The van der Waals surface area contributed by atoms with Crippen molar-refractivity contribution >= 4 is 17.5 Å². The highest BCUT2D eigenvalue weighted by Crippen LogP contribution is 2.29.